The maximum atomic E-state index is 11.7. The predicted octanol–water partition coefficient (Wildman–Crippen LogP) is 2.21. The van der Waals surface area contributed by atoms with E-state index in [0.29, 0.717) is 31.5 Å². The lowest BCUT2D eigenvalue weighted by atomic mass is 9.95. The van der Waals surface area contributed by atoms with Crippen LogP contribution in [0.2, 0.25) is 0 Å². The fourth-order valence-electron chi connectivity index (χ4n) is 2.12. The average Bonchev–Trinajstić information content (AvgIpc) is 2.37. The van der Waals surface area contributed by atoms with E-state index >= 15 is 0 Å². The molecule has 2 N–H and O–H groups in total. The summed E-state index contributed by atoms with van der Waals surface area (Å²) in [6.07, 6.45) is 5.70. The van der Waals surface area contributed by atoms with Crippen LogP contribution in [0.15, 0.2) is 0 Å². The molecule has 0 unspecified atom stereocenters. The van der Waals surface area contributed by atoms with Crippen LogP contribution in [0.25, 0.3) is 0 Å². The number of carbonyl (C=O) groups excluding carboxylic acids is 2. The first kappa shape index (κ1) is 15.8. The van der Waals surface area contributed by atoms with Gasteiger partial charge in [0.25, 0.3) is 0 Å². The third-order valence-electron chi connectivity index (χ3n) is 3.14. The van der Waals surface area contributed by atoms with Gasteiger partial charge in [0.1, 0.15) is 0 Å². The highest BCUT2D eigenvalue weighted by Gasteiger charge is 2.15. The normalized spacial score (nSPS) is 16.2. The average molecular weight is 270 g/mol. The number of amides is 2. The summed E-state index contributed by atoms with van der Waals surface area (Å²) in [4.78, 5) is 22.9. The Bertz CT molecular complexity index is 286. The van der Waals surface area contributed by atoms with Gasteiger partial charge in [0, 0.05) is 19.0 Å². The molecule has 5 heteroatoms. The molecule has 2 amide bonds. The highest BCUT2D eigenvalue weighted by Crippen LogP contribution is 2.17. The predicted molar refractivity (Wildman–Crippen MR) is 73.8 cm³/mol. The minimum atomic E-state index is -0.445. The van der Waals surface area contributed by atoms with Gasteiger partial charge in [-0.05, 0) is 18.8 Å². The zero-order chi connectivity index (χ0) is 14.1. The topological polar surface area (TPSA) is 67.4 Å². The van der Waals surface area contributed by atoms with Crippen LogP contribution < -0.4 is 10.6 Å². The van der Waals surface area contributed by atoms with E-state index in [-0.39, 0.29) is 5.91 Å². The minimum Gasteiger partial charge on any atom is -0.449 e. The lowest BCUT2D eigenvalue weighted by molar-refractivity contribution is -0.121. The van der Waals surface area contributed by atoms with Crippen LogP contribution in [0.4, 0.5) is 4.79 Å². The fraction of sp³-hybridized carbons (Fsp3) is 0.857. The first-order valence-electron chi connectivity index (χ1n) is 7.28. The van der Waals surface area contributed by atoms with E-state index in [1.165, 1.54) is 19.3 Å². The maximum Gasteiger partial charge on any atom is 0.407 e. The van der Waals surface area contributed by atoms with E-state index in [1.54, 1.807) is 0 Å². The molecule has 1 fully saturated rings. The summed E-state index contributed by atoms with van der Waals surface area (Å²) < 4.78 is 4.95. The molecule has 0 spiro atoms. The quantitative estimate of drug-likeness (QED) is 0.777. The monoisotopic (exact) mass is 270 g/mol. The molecule has 1 saturated carbocycles. The van der Waals surface area contributed by atoms with Crippen LogP contribution in [0.3, 0.4) is 0 Å². The van der Waals surface area contributed by atoms with Crippen LogP contribution in [0, 0.1) is 5.92 Å². The molecule has 0 aromatic carbocycles. The van der Waals surface area contributed by atoms with Crippen LogP contribution in [-0.2, 0) is 9.53 Å². The minimum absolute atomic E-state index is 0.0102. The van der Waals surface area contributed by atoms with Gasteiger partial charge in [-0.1, -0.05) is 33.1 Å². The second kappa shape index (κ2) is 8.77. The standard InChI is InChI=1S/C14H26N2O3/c1-11(2)10-19-14(18)15-9-8-13(17)16-12-6-4-3-5-7-12/h11-12H,3-10H2,1-2H3,(H,15,18)(H,16,17). The third-order valence-corrected chi connectivity index (χ3v) is 3.14. The SMILES string of the molecule is CC(C)COC(=O)NCCC(=O)NC1CCCCC1. The summed E-state index contributed by atoms with van der Waals surface area (Å²) in [5.74, 6) is 0.330. The van der Waals surface area contributed by atoms with Gasteiger partial charge in [0.05, 0.1) is 6.61 Å². The second-order valence-electron chi connectivity index (χ2n) is 5.57. The molecule has 0 atom stereocenters. The highest BCUT2D eigenvalue weighted by molar-refractivity contribution is 5.77. The molecular formula is C14H26N2O3. The van der Waals surface area contributed by atoms with Crippen molar-refractivity contribution in [3.63, 3.8) is 0 Å². The van der Waals surface area contributed by atoms with Crippen molar-refractivity contribution in [2.24, 2.45) is 5.92 Å². The van der Waals surface area contributed by atoms with E-state index in [0.717, 1.165) is 12.8 Å². The lowest BCUT2D eigenvalue weighted by Crippen LogP contribution is -2.38. The van der Waals surface area contributed by atoms with Crippen LogP contribution >= 0.6 is 0 Å². The molecule has 0 aliphatic heterocycles. The lowest BCUT2D eigenvalue weighted by Gasteiger charge is -2.22. The van der Waals surface area contributed by atoms with Gasteiger partial charge in [-0.3, -0.25) is 4.79 Å². The summed E-state index contributed by atoms with van der Waals surface area (Å²) in [5.41, 5.74) is 0. The molecule has 19 heavy (non-hydrogen) atoms. The fourth-order valence-corrected chi connectivity index (χ4v) is 2.12. The van der Waals surface area contributed by atoms with Crippen molar-refractivity contribution in [3.8, 4) is 0 Å². The van der Waals surface area contributed by atoms with Gasteiger partial charge < -0.3 is 15.4 Å². The molecule has 0 bridgehead atoms. The summed E-state index contributed by atoms with van der Waals surface area (Å²) in [6.45, 7) is 4.69. The number of hydrogen-bond acceptors (Lipinski definition) is 3. The van der Waals surface area contributed by atoms with Crippen molar-refractivity contribution in [1.82, 2.24) is 10.6 Å². The molecule has 0 radical (unpaired) electrons. The zero-order valence-corrected chi connectivity index (χ0v) is 12.0. The molecule has 0 heterocycles. The molecule has 1 aliphatic carbocycles. The van der Waals surface area contributed by atoms with Crippen molar-refractivity contribution in [2.75, 3.05) is 13.2 Å². The van der Waals surface area contributed by atoms with Crippen LogP contribution in [0.1, 0.15) is 52.4 Å². The zero-order valence-electron chi connectivity index (χ0n) is 12.0. The number of ether oxygens (including phenoxy) is 1. The van der Waals surface area contributed by atoms with Gasteiger partial charge >= 0.3 is 6.09 Å². The Morgan fingerprint density at radius 2 is 1.89 bits per heavy atom. The van der Waals surface area contributed by atoms with E-state index in [9.17, 15) is 9.59 Å². The number of carbonyl (C=O) groups is 2. The first-order valence-corrected chi connectivity index (χ1v) is 7.28. The largest absolute Gasteiger partial charge is 0.449 e. The number of hydrogen-bond donors (Lipinski definition) is 2. The molecule has 0 saturated heterocycles. The van der Waals surface area contributed by atoms with Crippen molar-refractivity contribution in [2.45, 2.75) is 58.4 Å². The van der Waals surface area contributed by atoms with Crippen molar-refractivity contribution >= 4 is 12.0 Å². The number of nitrogens with one attached hydrogen (secondary N) is 2. The van der Waals surface area contributed by atoms with E-state index in [4.69, 9.17) is 4.74 Å². The molecule has 110 valence electrons. The Balaban J connectivity index is 2.04. The van der Waals surface area contributed by atoms with Gasteiger partial charge in [-0.25, -0.2) is 4.79 Å². The van der Waals surface area contributed by atoms with Crippen molar-refractivity contribution in [1.29, 1.82) is 0 Å². The second-order valence-corrected chi connectivity index (χ2v) is 5.57. The summed E-state index contributed by atoms with van der Waals surface area (Å²) in [6, 6.07) is 0.328. The molecular weight excluding hydrogens is 244 g/mol. The first-order chi connectivity index (χ1) is 9.08. The summed E-state index contributed by atoms with van der Waals surface area (Å²) in [7, 11) is 0. The van der Waals surface area contributed by atoms with Crippen molar-refractivity contribution in [3.05, 3.63) is 0 Å². The molecule has 0 aromatic rings. The molecule has 0 aromatic heterocycles. The van der Waals surface area contributed by atoms with E-state index in [2.05, 4.69) is 10.6 Å². The van der Waals surface area contributed by atoms with Gasteiger partial charge in [-0.2, -0.15) is 0 Å². The summed E-state index contributed by atoms with van der Waals surface area (Å²) >= 11 is 0. The van der Waals surface area contributed by atoms with Gasteiger partial charge in [0.15, 0.2) is 0 Å². The van der Waals surface area contributed by atoms with Gasteiger partial charge in [-0.15, -0.1) is 0 Å². The van der Waals surface area contributed by atoms with E-state index < -0.39 is 6.09 Å². The number of alkyl carbamates (subject to hydrolysis) is 1. The Labute approximate surface area is 115 Å². The number of rotatable bonds is 6. The molecule has 5 nitrogen and oxygen atoms in total. The van der Waals surface area contributed by atoms with Crippen molar-refractivity contribution < 1.29 is 14.3 Å². The Morgan fingerprint density at radius 1 is 1.21 bits per heavy atom. The van der Waals surface area contributed by atoms with Crippen LogP contribution in [-0.4, -0.2) is 31.2 Å². The molecule has 1 rings (SSSR count). The third kappa shape index (κ3) is 7.70. The van der Waals surface area contributed by atoms with E-state index in [1.807, 2.05) is 13.8 Å². The highest BCUT2D eigenvalue weighted by atomic mass is 16.5. The Kier molecular flexibility index (Phi) is 7.30. The summed E-state index contributed by atoms with van der Waals surface area (Å²) in [5, 5.41) is 5.60. The van der Waals surface area contributed by atoms with Gasteiger partial charge in [0.2, 0.25) is 5.91 Å². The Hall–Kier alpha value is -1.26. The smallest absolute Gasteiger partial charge is 0.407 e. The maximum absolute atomic E-state index is 11.7. The molecule has 1 aliphatic rings. The van der Waals surface area contributed by atoms with Crippen LogP contribution in [0.5, 0.6) is 0 Å². The Morgan fingerprint density at radius 3 is 2.53 bits per heavy atom.